The van der Waals surface area contributed by atoms with E-state index in [1.54, 1.807) is 0 Å². The maximum Gasteiger partial charge on any atom is 0.243 e. The highest BCUT2D eigenvalue weighted by Gasteiger charge is 2.28. The fraction of sp³-hybridized carbons (Fsp3) is 0.846. The molecule has 1 aliphatic heterocycles. The van der Waals surface area contributed by atoms with Crippen LogP contribution in [0.5, 0.6) is 0 Å². The summed E-state index contributed by atoms with van der Waals surface area (Å²) in [5, 5.41) is 5.61. The van der Waals surface area contributed by atoms with E-state index in [2.05, 4.69) is 10.6 Å². The minimum atomic E-state index is -0.480. The minimum absolute atomic E-state index is 0.0185. The molecule has 5 heteroatoms. The molecule has 1 fully saturated rings. The van der Waals surface area contributed by atoms with Crippen LogP contribution in [0.4, 0.5) is 0 Å². The first-order valence-corrected chi connectivity index (χ1v) is 6.61. The second kappa shape index (κ2) is 6.73. The fourth-order valence-electron chi connectivity index (χ4n) is 2.16. The highest BCUT2D eigenvalue weighted by Crippen LogP contribution is 2.15. The SMILES string of the molecule is CC(=O)N[C@H](C(=O)N[C@H](C)[C@H]1CCCO1)C(C)C. The monoisotopic (exact) mass is 256 g/mol. The van der Waals surface area contributed by atoms with Crippen molar-refractivity contribution in [2.45, 2.75) is 58.7 Å². The molecule has 0 radical (unpaired) electrons. The average Bonchev–Trinajstić information content (AvgIpc) is 2.78. The molecule has 5 nitrogen and oxygen atoms in total. The van der Waals surface area contributed by atoms with Crippen LogP contribution in [0.3, 0.4) is 0 Å². The molecule has 1 heterocycles. The van der Waals surface area contributed by atoms with Gasteiger partial charge in [0.15, 0.2) is 0 Å². The molecule has 1 saturated heterocycles. The Morgan fingerprint density at radius 3 is 2.33 bits per heavy atom. The summed E-state index contributed by atoms with van der Waals surface area (Å²) in [6.07, 6.45) is 2.12. The van der Waals surface area contributed by atoms with Gasteiger partial charge in [-0.1, -0.05) is 13.8 Å². The van der Waals surface area contributed by atoms with E-state index in [9.17, 15) is 9.59 Å². The number of amides is 2. The van der Waals surface area contributed by atoms with Crippen molar-refractivity contribution in [3.05, 3.63) is 0 Å². The lowest BCUT2D eigenvalue weighted by atomic mass is 10.0. The zero-order valence-electron chi connectivity index (χ0n) is 11.7. The molecule has 18 heavy (non-hydrogen) atoms. The number of nitrogens with one attached hydrogen (secondary N) is 2. The van der Waals surface area contributed by atoms with E-state index < -0.39 is 6.04 Å². The van der Waals surface area contributed by atoms with E-state index in [1.807, 2.05) is 20.8 Å². The zero-order valence-corrected chi connectivity index (χ0v) is 11.7. The van der Waals surface area contributed by atoms with Gasteiger partial charge in [0.1, 0.15) is 6.04 Å². The molecular weight excluding hydrogens is 232 g/mol. The Morgan fingerprint density at radius 1 is 1.22 bits per heavy atom. The summed E-state index contributed by atoms with van der Waals surface area (Å²) in [6.45, 7) is 7.96. The van der Waals surface area contributed by atoms with Gasteiger partial charge in [0.25, 0.3) is 0 Å². The van der Waals surface area contributed by atoms with Crippen LogP contribution in [0.1, 0.15) is 40.5 Å². The Balaban J connectivity index is 2.52. The van der Waals surface area contributed by atoms with Crippen LogP contribution in [-0.2, 0) is 14.3 Å². The van der Waals surface area contributed by atoms with E-state index in [1.165, 1.54) is 6.92 Å². The number of carbonyl (C=O) groups is 2. The highest BCUT2D eigenvalue weighted by molar-refractivity contribution is 5.87. The van der Waals surface area contributed by atoms with Crippen molar-refractivity contribution < 1.29 is 14.3 Å². The molecule has 1 aliphatic rings. The highest BCUT2D eigenvalue weighted by atomic mass is 16.5. The van der Waals surface area contributed by atoms with Crippen molar-refractivity contribution in [3.63, 3.8) is 0 Å². The summed E-state index contributed by atoms with van der Waals surface area (Å²) < 4.78 is 5.53. The average molecular weight is 256 g/mol. The van der Waals surface area contributed by atoms with Crippen LogP contribution in [0.25, 0.3) is 0 Å². The van der Waals surface area contributed by atoms with Gasteiger partial charge in [-0.2, -0.15) is 0 Å². The van der Waals surface area contributed by atoms with E-state index in [4.69, 9.17) is 4.74 Å². The van der Waals surface area contributed by atoms with Crippen molar-refractivity contribution in [2.75, 3.05) is 6.61 Å². The normalized spacial score (nSPS) is 22.6. The number of rotatable bonds is 5. The summed E-state index contributed by atoms with van der Waals surface area (Å²) >= 11 is 0. The minimum Gasteiger partial charge on any atom is -0.376 e. The number of hydrogen-bond acceptors (Lipinski definition) is 3. The molecule has 0 spiro atoms. The van der Waals surface area contributed by atoms with Gasteiger partial charge in [-0.15, -0.1) is 0 Å². The van der Waals surface area contributed by atoms with Crippen LogP contribution in [0.2, 0.25) is 0 Å². The summed E-state index contributed by atoms with van der Waals surface area (Å²) in [5.74, 6) is -0.262. The van der Waals surface area contributed by atoms with Crippen molar-refractivity contribution in [1.82, 2.24) is 10.6 Å². The first-order valence-electron chi connectivity index (χ1n) is 6.61. The van der Waals surface area contributed by atoms with E-state index in [-0.39, 0.29) is 29.9 Å². The van der Waals surface area contributed by atoms with Crippen molar-refractivity contribution in [1.29, 1.82) is 0 Å². The third-order valence-electron chi connectivity index (χ3n) is 3.20. The van der Waals surface area contributed by atoms with Gasteiger partial charge in [-0.3, -0.25) is 9.59 Å². The first kappa shape index (κ1) is 15.0. The van der Waals surface area contributed by atoms with Gasteiger partial charge >= 0.3 is 0 Å². The molecule has 2 amide bonds. The van der Waals surface area contributed by atoms with Gasteiger partial charge in [-0.05, 0) is 25.7 Å². The van der Waals surface area contributed by atoms with E-state index >= 15 is 0 Å². The molecule has 2 N–H and O–H groups in total. The molecule has 0 aliphatic carbocycles. The molecule has 104 valence electrons. The quantitative estimate of drug-likeness (QED) is 0.765. The van der Waals surface area contributed by atoms with E-state index in [0.29, 0.717) is 0 Å². The Morgan fingerprint density at radius 2 is 1.89 bits per heavy atom. The molecule has 3 atom stereocenters. The first-order chi connectivity index (χ1) is 8.41. The maximum absolute atomic E-state index is 12.1. The Kier molecular flexibility index (Phi) is 5.59. The molecule has 0 aromatic heterocycles. The molecular formula is C13H24N2O3. The topological polar surface area (TPSA) is 67.4 Å². The van der Waals surface area contributed by atoms with Gasteiger partial charge in [0.05, 0.1) is 12.1 Å². The molecule has 1 rings (SSSR count). The van der Waals surface area contributed by atoms with Crippen molar-refractivity contribution in [2.24, 2.45) is 5.92 Å². The van der Waals surface area contributed by atoms with Crippen molar-refractivity contribution in [3.8, 4) is 0 Å². The lowest BCUT2D eigenvalue weighted by molar-refractivity contribution is -0.130. The molecule has 0 saturated carbocycles. The molecule has 0 unspecified atom stereocenters. The second-order valence-corrected chi connectivity index (χ2v) is 5.27. The summed E-state index contributed by atoms with van der Waals surface area (Å²) in [6, 6.07) is -0.499. The Hall–Kier alpha value is -1.10. The van der Waals surface area contributed by atoms with Crippen molar-refractivity contribution >= 4 is 11.8 Å². The second-order valence-electron chi connectivity index (χ2n) is 5.27. The van der Waals surface area contributed by atoms with Gasteiger partial charge in [0.2, 0.25) is 11.8 Å². The number of ether oxygens (including phenoxy) is 1. The van der Waals surface area contributed by atoms with Gasteiger partial charge in [-0.25, -0.2) is 0 Å². The fourth-order valence-corrected chi connectivity index (χ4v) is 2.16. The third kappa shape index (κ3) is 4.29. The van der Waals surface area contributed by atoms with Crippen LogP contribution >= 0.6 is 0 Å². The Labute approximate surface area is 109 Å². The summed E-state index contributed by atoms with van der Waals surface area (Å²) in [7, 11) is 0. The smallest absolute Gasteiger partial charge is 0.243 e. The molecule has 0 aromatic rings. The standard InChI is InChI=1S/C13H24N2O3/c1-8(2)12(15-10(4)16)13(17)14-9(3)11-6-5-7-18-11/h8-9,11-12H,5-7H2,1-4H3,(H,14,17)(H,15,16)/t9-,11-,12+/m1/s1. The molecule has 0 bridgehead atoms. The van der Waals surface area contributed by atoms with Crippen LogP contribution in [0.15, 0.2) is 0 Å². The lowest BCUT2D eigenvalue weighted by Gasteiger charge is -2.25. The lowest BCUT2D eigenvalue weighted by Crippen LogP contribution is -2.53. The van der Waals surface area contributed by atoms with Gasteiger partial charge in [0, 0.05) is 13.5 Å². The number of hydrogen-bond donors (Lipinski definition) is 2. The van der Waals surface area contributed by atoms with E-state index in [0.717, 1.165) is 19.4 Å². The largest absolute Gasteiger partial charge is 0.376 e. The Bertz CT molecular complexity index is 299. The van der Waals surface area contributed by atoms with Gasteiger partial charge < -0.3 is 15.4 Å². The summed E-state index contributed by atoms with van der Waals surface area (Å²) in [5.41, 5.74) is 0. The molecule has 0 aromatic carbocycles. The number of carbonyl (C=O) groups excluding carboxylic acids is 2. The predicted octanol–water partition coefficient (Wildman–Crippen LogP) is 0.831. The summed E-state index contributed by atoms with van der Waals surface area (Å²) in [4.78, 5) is 23.2. The zero-order chi connectivity index (χ0) is 13.7. The predicted molar refractivity (Wildman–Crippen MR) is 69.0 cm³/mol. The van der Waals surface area contributed by atoms with Crippen LogP contribution in [0, 0.1) is 5.92 Å². The van der Waals surface area contributed by atoms with Crippen LogP contribution < -0.4 is 10.6 Å². The van der Waals surface area contributed by atoms with Crippen LogP contribution in [-0.4, -0.2) is 36.6 Å². The maximum atomic E-state index is 12.1. The third-order valence-corrected chi connectivity index (χ3v) is 3.20.